The van der Waals surface area contributed by atoms with Crippen molar-refractivity contribution in [3.05, 3.63) is 82.3 Å². The molecule has 0 saturated heterocycles. The minimum Gasteiger partial charge on any atom is -0.347 e. The first-order valence-electron chi connectivity index (χ1n) is 9.50. The van der Waals surface area contributed by atoms with Crippen LogP contribution in [0.1, 0.15) is 19.4 Å². The second-order valence-electron chi connectivity index (χ2n) is 7.77. The van der Waals surface area contributed by atoms with Crippen molar-refractivity contribution in [1.82, 2.24) is 14.8 Å². The Balaban J connectivity index is 1.55. The Morgan fingerprint density at radius 3 is 2.70 bits per heavy atom. The molecule has 0 saturated carbocycles. The van der Waals surface area contributed by atoms with E-state index in [1.807, 2.05) is 30.1 Å². The third-order valence-corrected chi connectivity index (χ3v) is 5.41. The zero-order valence-electron chi connectivity index (χ0n) is 16.9. The monoisotopic (exact) mass is 403 g/mol. The van der Waals surface area contributed by atoms with Crippen LogP contribution in [0.3, 0.4) is 0 Å². The van der Waals surface area contributed by atoms with Crippen molar-refractivity contribution >= 4 is 17.2 Å². The van der Waals surface area contributed by atoms with Gasteiger partial charge in [-0.05, 0) is 11.6 Å². The molecule has 0 spiro atoms. The molecule has 8 nitrogen and oxygen atoms in total. The molecule has 3 aromatic rings. The number of anilines is 1. The van der Waals surface area contributed by atoms with Gasteiger partial charge in [-0.25, -0.2) is 9.67 Å². The first kappa shape index (κ1) is 19.5. The minimum absolute atomic E-state index is 0.0317. The van der Waals surface area contributed by atoms with Crippen LogP contribution in [-0.2, 0) is 16.8 Å². The summed E-state index contributed by atoms with van der Waals surface area (Å²) < 4.78 is 1.45. The van der Waals surface area contributed by atoms with E-state index in [9.17, 15) is 14.9 Å². The van der Waals surface area contributed by atoms with Gasteiger partial charge in [0.1, 0.15) is 12.9 Å². The van der Waals surface area contributed by atoms with Crippen LogP contribution < -0.4 is 4.90 Å². The van der Waals surface area contributed by atoms with Crippen LogP contribution in [-0.4, -0.2) is 32.5 Å². The quantitative estimate of drug-likeness (QED) is 0.366. The van der Waals surface area contributed by atoms with Crippen LogP contribution in [0.25, 0.3) is 11.4 Å². The molecule has 0 radical (unpaired) electrons. The van der Waals surface area contributed by atoms with Crippen LogP contribution in [0.5, 0.6) is 0 Å². The first-order valence-corrected chi connectivity index (χ1v) is 9.50. The van der Waals surface area contributed by atoms with Gasteiger partial charge in [-0.1, -0.05) is 44.2 Å². The number of nitro groups is 1. The number of carbonyl (C=O) groups is 1. The van der Waals surface area contributed by atoms with E-state index in [-0.39, 0.29) is 23.4 Å². The third kappa shape index (κ3) is 3.36. The van der Waals surface area contributed by atoms with Crippen LogP contribution in [0, 0.1) is 10.1 Å². The molecule has 0 atom stereocenters. The number of nitrogens with zero attached hydrogens (tertiary/aromatic N) is 5. The smallest absolute Gasteiger partial charge is 0.270 e. The average Bonchev–Trinajstić information content (AvgIpc) is 3.26. The molecule has 1 aliphatic heterocycles. The van der Waals surface area contributed by atoms with Gasteiger partial charge in [-0.15, -0.1) is 0 Å². The number of likely N-dealkylation sites (N-methyl/N-ethyl adjacent to an activating group) is 1. The molecule has 8 heteroatoms. The van der Waals surface area contributed by atoms with E-state index in [0.29, 0.717) is 11.4 Å². The van der Waals surface area contributed by atoms with E-state index in [1.165, 1.54) is 28.7 Å². The number of hydrogen-bond acceptors (Lipinski definition) is 6. The van der Waals surface area contributed by atoms with Gasteiger partial charge < -0.3 is 4.90 Å². The van der Waals surface area contributed by atoms with Crippen molar-refractivity contribution < 1.29 is 9.72 Å². The number of non-ortho nitro benzene ring substituents is 1. The van der Waals surface area contributed by atoms with Gasteiger partial charge in [0, 0.05) is 47.6 Å². The van der Waals surface area contributed by atoms with Crippen molar-refractivity contribution in [3.8, 4) is 11.4 Å². The molecule has 1 aliphatic rings. The highest BCUT2D eigenvalue weighted by Gasteiger charge is 2.38. The van der Waals surface area contributed by atoms with Crippen molar-refractivity contribution in [2.24, 2.45) is 0 Å². The number of aromatic nitrogens is 3. The summed E-state index contributed by atoms with van der Waals surface area (Å²) >= 11 is 0. The van der Waals surface area contributed by atoms with Crippen molar-refractivity contribution in [3.63, 3.8) is 0 Å². The van der Waals surface area contributed by atoms with E-state index in [4.69, 9.17) is 0 Å². The van der Waals surface area contributed by atoms with Gasteiger partial charge >= 0.3 is 0 Å². The van der Waals surface area contributed by atoms with Crippen molar-refractivity contribution in [1.29, 1.82) is 0 Å². The fraction of sp³-hybridized carbons (Fsp3) is 0.227. The molecule has 0 bridgehead atoms. The summed E-state index contributed by atoms with van der Waals surface area (Å²) in [6.07, 6.45) is 3.12. The van der Waals surface area contributed by atoms with E-state index in [0.717, 1.165) is 11.4 Å². The molecule has 0 amide bonds. The highest BCUT2D eigenvalue weighted by Crippen LogP contribution is 2.46. The lowest BCUT2D eigenvalue weighted by molar-refractivity contribution is -0.384. The number of para-hydroxylation sites is 1. The molecule has 1 aromatic heterocycles. The largest absolute Gasteiger partial charge is 0.347 e. The zero-order chi connectivity index (χ0) is 21.5. The molecule has 0 unspecified atom stereocenters. The summed E-state index contributed by atoms with van der Waals surface area (Å²) in [4.78, 5) is 29.5. The summed E-state index contributed by atoms with van der Waals surface area (Å²) in [5.74, 6) is 0.234. The molecule has 0 fully saturated rings. The lowest BCUT2D eigenvalue weighted by Gasteiger charge is -2.23. The van der Waals surface area contributed by atoms with Crippen LogP contribution in [0.2, 0.25) is 0 Å². The zero-order valence-corrected chi connectivity index (χ0v) is 16.9. The topological polar surface area (TPSA) is 94.2 Å². The maximum atomic E-state index is 12.8. The second kappa shape index (κ2) is 7.22. The lowest BCUT2D eigenvalue weighted by atomic mass is 9.83. The first-order chi connectivity index (χ1) is 14.3. The Morgan fingerprint density at radius 1 is 1.20 bits per heavy atom. The second-order valence-corrected chi connectivity index (χ2v) is 7.77. The number of benzene rings is 2. The van der Waals surface area contributed by atoms with Crippen molar-refractivity contribution in [2.45, 2.75) is 25.8 Å². The molecule has 30 heavy (non-hydrogen) atoms. The molecule has 0 aliphatic carbocycles. The number of carbonyl (C=O) groups excluding carboxylic acids is 1. The van der Waals surface area contributed by atoms with Crippen molar-refractivity contribution in [2.75, 3.05) is 11.9 Å². The fourth-order valence-corrected chi connectivity index (χ4v) is 3.88. The summed E-state index contributed by atoms with van der Waals surface area (Å²) in [5, 5.41) is 15.3. The molecule has 0 N–H and O–H groups in total. The van der Waals surface area contributed by atoms with Gasteiger partial charge in [0.15, 0.2) is 11.6 Å². The number of nitro benzene ring substituents is 1. The number of hydrogen-bond donors (Lipinski definition) is 0. The van der Waals surface area contributed by atoms with Gasteiger partial charge in [0.05, 0.1) is 4.92 Å². The highest BCUT2D eigenvalue weighted by molar-refractivity contribution is 5.92. The number of rotatable bonds is 5. The van der Waals surface area contributed by atoms with Crippen LogP contribution in [0.15, 0.2) is 66.6 Å². The third-order valence-electron chi connectivity index (χ3n) is 5.41. The summed E-state index contributed by atoms with van der Waals surface area (Å²) in [6.45, 7) is 4.24. The van der Waals surface area contributed by atoms with Gasteiger partial charge in [0.25, 0.3) is 5.69 Å². The van der Waals surface area contributed by atoms with E-state index in [1.54, 1.807) is 18.2 Å². The standard InChI is InChI=1S/C22H21N5O3/c1-22(2)18-9-4-5-10-19(18)25(3)20(22)12-17(28)13-26-14-23-21(24-26)15-7-6-8-16(11-15)27(29)30/h4-12,14H,13H2,1-3H3. The summed E-state index contributed by atoms with van der Waals surface area (Å²) in [7, 11) is 1.96. The average molecular weight is 403 g/mol. The van der Waals surface area contributed by atoms with E-state index in [2.05, 4.69) is 30.0 Å². The van der Waals surface area contributed by atoms with E-state index < -0.39 is 4.92 Å². The maximum Gasteiger partial charge on any atom is 0.270 e. The summed E-state index contributed by atoms with van der Waals surface area (Å²) in [5.41, 5.74) is 3.41. The molecule has 4 rings (SSSR count). The van der Waals surface area contributed by atoms with Gasteiger partial charge in [-0.2, -0.15) is 5.10 Å². The molecule has 2 heterocycles. The van der Waals surface area contributed by atoms with Crippen LogP contribution >= 0.6 is 0 Å². The Labute approximate surface area is 173 Å². The summed E-state index contributed by atoms with van der Waals surface area (Å²) in [6, 6.07) is 14.2. The number of fused-ring (bicyclic) bond motifs is 1. The van der Waals surface area contributed by atoms with Crippen LogP contribution in [0.4, 0.5) is 11.4 Å². The van der Waals surface area contributed by atoms with Gasteiger partial charge in [0.2, 0.25) is 0 Å². The Hall–Kier alpha value is -3.81. The normalized spacial score (nSPS) is 16.0. The number of allylic oxidation sites excluding steroid dienone is 2. The number of ketones is 1. The predicted octanol–water partition coefficient (Wildman–Crippen LogP) is 3.73. The van der Waals surface area contributed by atoms with Gasteiger partial charge in [-0.3, -0.25) is 14.9 Å². The lowest BCUT2D eigenvalue weighted by Crippen LogP contribution is -2.24. The predicted molar refractivity (Wildman–Crippen MR) is 113 cm³/mol. The minimum atomic E-state index is -0.464. The molecular formula is C22H21N5O3. The Kier molecular flexibility index (Phi) is 4.69. The molecule has 152 valence electrons. The Morgan fingerprint density at radius 2 is 1.97 bits per heavy atom. The van der Waals surface area contributed by atoms with E-state index >= 15 is 0 Å². The highest BCUT2D eigenvalue weighted by atomic mass is 16.6. The SMILES string of the molecule is CN1C(=CC(=O)Cn2cnc(-c3cccc([N+](=O)[O-])c3)n2)C(C)(C)c2ccccc21. The fourth-order valence-electron chi connectivity index (χ4n) is 3.88. The molecule has 2 aromatic carbocycles. The maximum absolute atomic E-state index is 12.8. The Bertz CT molecular complexity index is 1180. The molecular weight excluding hydrogens is 382 g/mol.